The van der Waals surface area contributed by atoms with Gasteiger partial charge in [-0.2, -0.15) is 18.3 Å². The minimum absolute atomic E-state index is 0.0174. The molecule has 2 atom stereocenters. The third-order valence-electron chi connectivity index (χ3n) is 3.47. The number of aromatic nitrogens is 2. The number of anilines is 1. The first-order valence-electron chi connectivity index (χ1n) is 6.48. The highest BCUT2D eigenvalue weighted by Crippen LogP contribution is 2.38. The topological polar surface area (TPSA) is 29.9 Å². The summed E-state index contributed by atoms with van der Waals surface area (Å²) in [6.45, 7) is -0.516. The Kier molecular flexibility index (Phi) is 4.49. The minimum Gasteiger partial charge on any atom is -0.380 e. The molecule has 0 saturated heterocycles. The summed E-state index contributed by atoms with van der Waals surface area (Å²) in [5.41, 5.74) is 0.485. The molecule has 1 fully saturated rings. The van der Waals surface area contributed by atoms with Crippen LogP contribution in [0.2, 0.25) is 0 Å². The van der Waals surface area contributed by atoms with Gasteiger partial charge in [-0.05, 0) is 19.3 Å². The Balaban J connectivity index is 1.91. The number of alkyl halides is 5. The molecule has 1 aliphatic rings. The molecule has 1 heterocycles. The quantitative estimate of drug-likeness (QED) is 0.859. The average Bonchev–Trinajstić information content (AvgIpc) is 2.75. The number of nitrogens with zero attached hydrogens (tertiary/aromatic N) is 2. The van der Waals surface area contributed by atoms with E-state index in [0.717, 1.165) is 4.68 Å². The molecule has 1 N–H and O–H groups in total. The van der Waals surface area contributed by atoms with Crippen molar-refractivity contribution in [3.8, 4) is 0 Å². The minimum atomic E-state index is -4.17. The number of halogens is 5. The molecule has 0 bridgehead atoms. The largest absolute Gasteiger partial charge is 0.391 e. The molecule has 0 spiro atoms. The van der Waals surface area contributed by atoms with E-state index in [1.807, 2.05) is 0 Å². The van der Waals surface area contributed by atoms with Gasteiger partial charge in [0.05, 0.1) is 17.8 Å². The van der Waals surface area contributed by atoms with Crippen molar-refractivity contribution in [3.63, 3.8) is 0 Å². The SMILES string of the molecule is FC(F)Cn1cc(N[C@@H]2CCC[C@@H](C(F)(F)F)C2)cn1. The summed E-state index contributed by atoms with van der Waals surface area (Å²) in [6.07, 6.45) is -2.59. The zero-order chi connectivity index (χ0) is 14.8. The Morgan fingerprint density at radius 3 is 2.75 bits per heavy atom. The lowest BCUT2D eigenvalue weighted by molar-refractivity contribution is -0.182. The lowest BCUT2D eigenvalue weighted by atomic mass is 9.85. The smallest absolute Gasteiger partial charge is 0.380 e. The molecule has 8 heteroatoms. The van der Waals surface area contributed by atoms with Crippen LogP contribution in [0.15, 0.2) is 12.4 Å². The normalized spacial score (nSPS) is 24.1. The summed E-state index contributed by atoms with van der Waals surface area (Å²) < 4.78 is 63.4. The van der Waals surface area contributed by atoms with Crippen molar-refractivity contribution in [2.75, 3.05) is 5.32 Å². The molecule has 3 nitrogen and oxygen atoms in total. The first kappa shape index (κ1) is 15.1. The molecule has 1 saturated carbocycles. The third kappa shape index (κ3) is 4.08. The Morgan fingerprint density at radius 1 is 1.35 bits per heavy atom. The second kappa shape index (κ2) is 5.97. The van der Waals surface area contributed by atoms with E-state index in [1.165, 1.54) is 12.4 Å². The van der Waals surface area contributed by atoms with Gasteiger partial charge in [-0.3, -0.25) is 4.68 Å². The van der Waals surface area contributed by atoms with Gasteiger partial charge in [0.2, 0.25) is 0 Å². The number of hydrogen-bond acceptors (Lipinski definition) is 2. The van der Waals surface area contributed by atoms with Crippen LogP contribution in [0.3, 0.4) is 0 Å². The van der Waals surface area contributed by atoms with Gasteiger partial charge in [0.15, 0.2) is 0 Å². The molecule has 2 rings (SSSR count). The van der Waals surface area contributed by atoms with Crippen molar-refractivity contribution in [2.45, 2.75) is 50.9 Å². The van der Waals surface area contributed by atoms with Crippen molar-refractivity contribution in [1.82, 2.24) is 9.78 Å². The van der Waals surface area contributed by atoms with Gasteiger partial charge >= 0.3 is 6.18 Å². The highest BCUT2D eigenvalue weighted by molar-refractivity contribution is 5.39. The highest BCUT2D eigenvalue weighted by atomic mass is 19.4. The molecule has 0 radical (unpaired) electrons. The number of nitrogens with one attached hydrogen (secondary N) is 1. The first-order valence-corrected chi connectivity index (χ1v) is 6.48. The van der Waals surface area contributed by atoms with Crippen LogP contribution in [0.4, 0.5) is 27.6 Å². The molecule has 0 aliphatic heterocycles. The van der Waals surface area contributed by atoms with Crippen LogP contribution in [0, 0.1) is 5.92 Å². The Labute approximate surface area is 113 Å². The lowest BCUT2D eigenvalue weighted by Crippen LogP contribution is -2.34. The third-order valence-corrected chi connectivity index (χ3v) is 3.47. The summed E-state index contributed by atoms with van der Waals surface area (Å²) in [7, 11) is 0. The van der Waals surface area contributed by atoms with Gasteiger partial charge < -0.3 is 5.32 Å². The molecule has 1 aromatic rings. The van der Waals surface area contributed by atoms with Crippen molar-refractivity contribution in [1.29, 1.82) is 0 Å². The molecule has 20 heavy (non-hydrogen) atoms. The first-order chi connectivity index (χ1) is 9.34. The van der Waals surface area contributed by atoms with E-state index in [4.69, 9.17) is 0 Å². The zero-order valence-electron chi connectivity index (χ0n) is 10.7. The Bertz CT molecular complexity index is 429. The average molecular weight is 297 g/mol. The summed E-state index contributed by atoms with van der Waals surface area (Å²) in [5.74, 6) is -1.29. The predicted octanol–water partition coefficient (Wildman–Crippen LogP) is 3.68. The van der Waals surface area contributed by atoms with Gasteiger partial charge in [-0.15, -0.1) is 0 Å². The number of hydrogen-bond donors (Lipinski definition) is 1. The van der Waals surface area contributed by atoms with Crippen LogP contribution in [0.5, 0.6) is 0 Å². The maximum Gasteiger partial charge on any atom is 0.391 e. The van der Waals surface area contributed by atoms with E-state index in [-0.39, 0.29) is 18.9 Å². The summed E-state index contributed by atoms with van der Waals surface area (Å²) in [6, 6.07) is -0.292. The molecular weight excluding hydrogens is 281 g/mol. The van der Waals surface area contributed by atoms with Crippen molar-refractivity contribution in [2.24, 2.45) is 5.92 Å². The van der Waals surface area contributed by atoms with Gasteiger partial charge in [0.25, 0.3) is 6.43 Å². The molecule has 0 aromatic carbocycles. The molecule has 1 aromatic heterocycles. The predicted molar refractivity (Wildman–Crippen MR) is 63.7 cm³/mol. The van der Waals surface area contributed by atoms with Gasteiger partial charge in [-0.1, -0.05) is 6.42 Å². The molecular formula is C12H16F5N3. The van der Waals surface area contributed by atoms with Crippen LogP contribution >= 0.6 is 0 Å². The summed E-state index contributed by atoms with van der Waals surface area (Å²) >= 11 is 0. The van der Waals surface area contributed by atoms with Gasteiger partial charge in [0, 0.05) is 12.2 Å². The van der Waals surface area contributed by atoms with E-state index in [2.05, 4.69) is 10.4 Å². The van der Waals surface area contributed by atoms with Crippen molar-refractivity contribution < 1.29 is 22.0 Å². The Morgan fingerprint density at radius 2 is 2.10 bits per heavy atom. The van der Waals surface area contributed by atoms with E-state index in [0.29, 0.717) is 18.5 Å². The zero-order valence-corrected chi connectivity index (χ0v) is 10.7. The highest BCUT2D eigenvalue weighted by Gasteiger charge is 2.42. The fraction of sp³-hybridized carbons (Fsp3) is 0.750. The van der Waals surface area contributed by atoms with Gasteiger partial charge in [0.1, 0.15) is 6.54 Å². The fourth-order valence-corrected chi connectivity index (χ4v) is 2.53. The second-order valence-electron chi connectivity index (χ2n) is 5.09. The van der Waals surface area contributed by atoms with E-state index in [9.17, 15) is 22.0 Å². The molecule has 0 amide bonds. The number of rotatable bonds is 4. The second-order valence-corrected chi connectivity index (χ2v) is 5.09. The van der Waals surface area contributed by atoms with Crippen molar-refractivity contribution in [3.05, 3.63) is 12.4 Å². The van der Waals surface area contributed by atoms with Crippen molar-refractivity contribution >= 4 is 5.69 Å². The monoisotopic (exact) mass is 297 g/mol. The Hall–Kier alpha value is -1.34. The van der Waals surface area contributed by atoms with Crippen LogP contribution in [-0.4, -0.2) is 28.4 Å². The molecule has 1 aliphatic carbocycles. The maximum absolute atomic E-state index is 12.7. The van der Waals surface area contributed by atoms with Crippen LogP contribution in [-0.2, 0) is 6.54 Å². The lowest BCUT2D eigenvalue weighted by Gasteiger charge is -2.31. The molecule has 114 valence electrons. The van der Waals surface area contributed by atoms with E-state index >= 15 is 0 Å². The van der Waals surface area contributed by atoms with Crippen LogP contribution < -0.4 is 5.32 Å². The standard InChI is InChI=1S/C12H16F5N3/c13-11(14)7-20-6-10(5-18-20)19-9-3-1-2-8(4-9)12(15,16)17/h5-6,8-9,11,19H,1-4,7H2/t8-,9-/m1/s1. The van der Waals surface area contributed by atoms with E-state index in [1.54, 1.807) is 0 Å². The van der Waals surface area contributed by atoms with Gasteiger partial charge in [-0.25, -0.2) is 8.78 Å². The van der Waals surface area contributed by atoms with Crippen LogP contribution in [0.25, 0.3) is 0 Å². The summed E-state index contributed by atoms with van der Waals surface area (Å²) in [5, 5.41) is 6.69. The fourth-order valence-electron chi connectivity index (χ4n) is 2.53. The van der Waals surface area contributed by atoms with Crippen LogP contribution in [0.1, 0.15) is 25.7 Å². The van der Waals surface area contributed by atoms with E-state index < -0.39 is 25.1 Å². The summed E-state index contributed by atoms with van der Waals surface area (Å²) in [4.78, 5) is 0. The molecule has 0 unspecified atom stereocenters. The maximum atomic E-state index is 12.7.